The minimum Gasteiger partial charge on any atom is -0.507 e. The van der Waals surface area contributed by atoms with Gasteiger partial charge in [-0.25, -0.2) is 4.98 Å². The van der Waals surface area contributed by atoms with E-state index in [0.29, 0.717) is 11.7 Å². The summed E-state index contributed by atoms with van der Waals surface area (Å²) in [6, 6.07) is 7.45. The quantitative estimate of drug-likeness (QED) is 0.938. The van der Waals surface area contributed by atoms with Crippen LogP contribution in [0.15, 0.2) is 24.3 Å². The maximum atomic E-state index is 9.95. The summed E-state index contributed by atoms with van der Waals surface area (Å²) in [5.41, 5.74) is 2.07. The molecule has 1 aliphatic heterocycles. The first kappa shape index (κ1) is 13.6. The predicted molar refractivity (Wildman–Crippen MR) is 83.0 cm³/mol. The average Bonchev–Trinajstić information content (AvgIpc) is 2.81. The highest BCUT2D eigenvalue weighted by Crippen LogP contribution is 2.35. The van der Waals surface area contributed by atoms with Crippen LogP contribution in [0.3, 0.4) is 0 Å². The maximum Gasteiger partial charge on any atom is 0.127 e. The smallest absolute Gasteiger partial charge is 0.127 e. The Morgan fingerprint density at radius 3 is 2.90 bits per heavy atom. The molecule has 3 rings (SSSR count). The van der Waals surface area contributed by atoms with Crippen molar-refractivity contribution in [3.63, 3.8) is 0 Å². The number of nitrogens with zero attached hydrogens (tertiary/aromatic N) is 2. The Morgan fingerprint density at radius 2 is 2.15 bits per heavy atom. The first-order valence-corrected chi connectivity index (χ1v) is 7.94. The van der Waals surface area contributed by atoms with Crippen LogP contribution in [0.4, 0.5) is 0 Å². The summed E-state index contributed by atoms with van der Waals surface area (Å²) in [6.45, 7) is 7.75. The molecule has 0 unspecified atom stereocenters. The minimum atomic E-state index is 0.317. The van der Waals surface area contributed by atoms with E-state index in [0.717, 1.165) is 36.6 Å². The van der Waals surface area contributed by atoms with Crippen molar-refractivity contribution in [3.8, 4) is 16.3 Å². The summed E-state index contributed by atoms with van der Waals surface area (Å²) < 4.78 is 0. The minimum absolute atomic E-state index is 0.317. The second kappa shape index (κ2) is 5.54. The van der Waals surface area contributed by atoms with E-state index in [1.807, 2.05) is 18.2 Å². The number of benzene rings is 1. The van der Waals surface area contributed by atoms with Gasteiger partial charge in [-0.3, -0.25) is 4.90 Å². The van der Waals surface area contributed by atoms with Gasteiger partial charge >= 0.3 is 0 Å². The van der Waals surface area contributed by atoms with Crippen LogP contribution in [0.1, 0.15) is 24.4 Å². The molecule has 1 aromatic carbocycles. The molecule has 4 heteroatoms. The molecule has 0 fully saturated rings. The van der Waals surface area contributed by atoms with Gasteiger partial charge in [-0.05, 0) is 18.1 Å². The van der Waals surface area contributed by atoms with Crippen molar-refractivity contribution in [1.82, 2.24) is 9.88 Å². The van der Waals surface area contributed by atoms with Gasteiger partial charge in [0.15, 0.2) is 0 Å². The van der Waals surface area contributed by atoms with Crippen molar-refractivity contribution in [2.75, 3.05) is 13.1 Å². The van der Waals surface area contributed by atoms with Gasteiger partial charge in [0.25, 0.3) is 0 Å². The van der Waals surface area contributed by atoms with Crippen molar-refractivity contribution >= 4 is 11.3 Å². The Bertz CT molecular complexity index is 606. The van der Waals surface area contributed by atoms with E-state index < -0.39 is 0 Å². The zero-order valence-electron chi connectivity index (χ0n) is 12.0. The normalized spacial score (nSPS) is 15.6. The standard InChI is InChI=1S/C16H20N2OS/c1-11(2)9-18-8-7-13-15(10-18)20-16(17-13)12-5-3-4-6-14(12)19/h3-6,11,19H,7-10H2,1-2H3. The Balaban J connectivity index is 1.85. The van der Waals surface area contributed by atoms with Gasteiger partial charge in [-0.2, -0.15) is 0 Å². The molecule has 0 saturated carbocycles. The Labute approximate surface area is 123 Å². The van der Waals surface area contributed by atoms with Gasteiger partial charge in [-0.1, -0.05) is 26.0 Å². The van der Waals surface area contributed by atoms with E-state index in [1.165, 1.54) is 10.6 Å². The number of thiazole rings is 1. The van der Waals surface area contributed by atoms with E-state index in [2.05, 4.69) is 18.7 Å². The molecule has 0 spiro atoms. The lowest BCUT2D eigenvalue weighted by molar-refractivity contribution is 0.228. The van der Waals surface area contributed by atoms with E-state index >= 15 is 0 Å². The maximum absolute atomic E-state index is 9.95. The fraction of sp³-hybridized carbons (Fsp3) is 0.438. The van der Waals surface area contributed by atoms with Gasteiger partial charge in [0.1, 0.15) is 10.8 Å². The van der Waals surface area contributed by atoms with E-state index in [1.54, 1.807) is 17.4 Å². The van der Waals surface area contributed by atoms with Crippen LogP contribution in [-0.4, -0.2) is 28.1 Å². The summed E-state index contributed by atoms with van der Waals surface area (Å²) >= 11 is 1.72. The predicted octanol–water partition coefficient (Wildman–Crippen LogP) is 3.53. The van der Waals surface area contributed by atoms with Gasteiger partial charge in [0.2, 0.25) is 0 Å². The Hall–Kier alpha value is -1.39. The van der Waals surface area contributed by atoms with Gasteiger partial charge in [0, 0.05) is 30.9 Å². The zero-order chi connectivity index (χ0) is 14.1. The first-order chi connectivity index (χ1) is 9.63. The zero-order valence-corrected chi connectivity index (χ0v) is 12.8. The molecule has 0 radical (unpaired) electrons. The molecule has 0 bridgehead atoms. The summed E-state index contributed by atoms with van der Waals surface area (Å²) in [4.78, 5) is 8.58. The van der Waals surface area contributed by atoms with E-state index in [4.69, 9.17) is 4.98 Å². The van der Waals surface area contributed by atoms with Crippen molar-refractivity contribution < 1.29 is 5.11 Å². The first-order valence-electron chi connectivity index (χ1n) is 7.13. The van der Waals surface area contributed by atoms with E-state index in [9.17, 15) is 5.11 Å². The second-order valence-electron chi connectivity index (χ2n) is 5.78. The molecule has 0 amide bonds. The number of rotatable bonds is 3. The molecule has 0 atom stereocenters. The third kappa shape index (κ3) is 2.72. The van der Waals surface area contributed by atoms with Gasteiger partial charge in [-0.15, -0.1) is 11.3 Å². The summed E-state index contributed by atoms with van der Waals surface area (Å²) in [5.74, 6) is 1.01. The highest BCUT2D eigenvalue weighted by atomic mass is 32.1. The van der Waals surface area contributed by atoms with Crippen molar-refractivity contribution in [1.29, 1.82) is 0 Å². The summed E-state index contributed by atoms with van der Waals surface area (Å²) in [5, 5.41) is 10.9. The van der Waals surface area contributed by atoms with Crippen LogP contribution in [0, 0.1) is 5.92 Å². The summed E-state index contributed by atoms with van der Waals surface area (Å²) in [7, 11) is 0. The third-order valence-electron chi connectivity index (χ3n) is 3.57. The lowest BCUT2D eigenvalue weighted by atomic mass is 10.1. The lowest BCUT2D eigenvalue weighted by Gasteiger charge is -2.27. The number of aromatic nitrogens is 1. The highest BCUT2D eigenvalue weighted by molar-refractivity contribution is 7.15. The molecule has 1 N–H and O–H groups in total. The van der Waals surface area contributed by atoms with Crippen LogP contribution in [0.25, 0.3) is 10.6 Å². The molecule has 106 valence electrons. The Morgan fingerprint density at radius 1 is 1.35 bits per heavy atom. The van der Waals surface area contributed by atoms with Crippen molar-refractivity contribution in [3.05, 3.63) is 34.8 Å². The third-order valence-corrected chi connectivity index (χ3v) is 4.68. The van der Waals surface area contributed by atoms with Gasteiger partial charge < -0.3 is 5.11 Å². The number of hydrogen-bond donors (Lipinski definition) is 1. The fourth-order valence-electron chi connectivity index (χ4n) is 2.69. The largest absolute Gasteiger partial charge is 0.507 e. The van der Waals surface area contributed by atoms with Gasteiger partial charge in [0.05, 0.1) is 11.3 Å². The van der Waals surface area contributed by atoms with Crippen LogP contribution in [0.2, 0.25) is 0 Å². The Kier molecular flexibility index (Phi) is 3.76. The molecule has 0 saturated heterocycles. The monoisotopic (exact) mass is 288 g/mol. The number of phenols is 1. The molecule has 2 heterocycles. The molecular weight excluding hydrogens is 268 g/mol. The van der Waals surface area contributed by atoms with Crippen LogP contribution >= 0.6 is 11.3 Å². The molecule has 1 aliphatic rings. The number of para-hydroxylation sites is 1. The van der Waals surface area contributed by atoms with Crippen molar-refractivity contribution in [2.45, 2.75) is 26.8 Å². The van der Waals surface area contributed by atoms with Crippen LogP contribution in [-0.2, 0) is 13.0 Å². The molecular formula is C16H20N2OS. The topological polar surface area (TPSA) is 36.4 Å². The number of phenolic OH excluding ortho intramolecular Hbond substituents is 1. The second-order valence-corrected chi connectivity index (χ2v) is 6.87. The molecule has 0 aliphatic carbocycles. The molecule has 3 nitrogen and oxygen atoms in total. The molecule has 2 aromatic rings. The molecule has 1 aromatic heterocycles. The fourth-order valence-corrected chi connectivity index (χ4v) is 3.87. The average molecular weight is 288 g/mol. The molecule has 20 heavy (non-hydrogen) atoms. The van der Waals surface area contributed by atoms with Crippen LogP contribution in [0.5, 0.6) is 5.75 Å². The highest BCUT2D eigenvalue weighted by Gasteiger charge is 2.22. The van der Waals surface area contributed by atoms with Crippen LogP contribution < -0.4 is 0 Å². The van der Waals surface area contributed by atoms with E-state index in [-0.39, 0.29) is 0 Å². The number of hydrogen-bond acceptors (Lipinski definition) is 4. The SMILES string of the molecule is CC(C)CN1CCc2nc(-c3ccccc3O)sc2C1. The van der Waals surface area contributed by atoms with Crippen molar-refractivity contribution in [2.24, 2.45) is 5.92 Å². The number of aromatic hydroxyl groups is 1. The number of fused-ring (bicyclic) bond motifs is 1. The summed E-state index contributed by atoms with van der Waals surface area (Å²) in [6.07, 6.45) is 1.02. The lowest BCUT2D eigenvalue weighted by Crippen LogP contribution is -2.32.